The van der Waals surface area contributed by atoms with E-state index in [0.717, 1.165) is 44.5 Å². The molecule has 1 fully saturated rings. The molecule has 10 heteroatoms. The van der Waals surface area contributed by atoms with Crippen molar-refractivity contribution >= 4 is 40.2 Å². The molecule has 9 nitrogen and oxygen atoms in total. The van der Waals surface area contributed by atoms with E-state index < -0.39 is 11.9 Å². The molecule has 2 heterocycles. The highest BCUT2D eigenvalue weighted by Gasteiger charge is 2.29. The number of hydrogen-bond acceptors (Lipinski definition) is 7. The van der Waals surface area contributed by atoms with Crippen molar-refractivity contribution in [1.82, 2.24) is 4.90 Å². The fraction of sp³-hybridized carbons (Fsp3) is 0.636. The van der Waals surface area contributed by atoms with Gasteiger partial charge in [-0.15, -0.1) is 11.3 Å². The summed E-state index contributed by atoms with van der Waals surface area (Å²) < 4.78 is 5.26. The number of anilines is 1. The van der Waals surface area contributed by atoms with Crippen LogP contribution in [0.2, 0.25) is 0 Å². The van der Waals surface area contributed by atoms with Crippen molar-refractivity contribution in [3.63, 3.8) is 0 Å². The van der Waals surface area contributed by atoms with Gasteiger partial charge >= 0.3 is 17.9 Å². The minimum absolute atomic E-state index is 0.00670. The van der Waals surface area contributed by atoms with Gasteiger partial charge in [0.25, 0.3) is 0 Å². The molecule has 3 rings (SSSR count). The fourth-order valence-corrected chi connectivity index (χ4v) is 5.30. The summed E-state index contributed by atoms with van der Waals surface area (Å²) in [6, 6.07) is 0. The van der Waals surface area contributed by atoms with E-state index in [4.69, 9.17) is 24.5 Å². The van der Waals surface area contributed by atoms with Gasteiger partial charge in [0.1, 0.15) is 5.00 Å². The van der Waals surface area contributed by atoms with Gasteiger partial charge in [-0.3, -0.25) is 4.79 Å². The van der Waals surface area contributed by atoms with Crippen molar-refractivity contribution in [3.05, 3.63) is 16.0 Å². The highest BCUT2D eigenvalue weighted by atomic mass is 32.1. The number of carboxylic acids is 2. The highest BCUT2D eigenvalue weighted by molar-refractivity contribution is 7.17. The van der Waals surface area contributed by atoms with Gasteiger partial charge in [-0.1, -0.05) is 13.3 Å². The van der Waals surface area contributed by atoms with E-state index in [-0.39, 0.29) is 11.9 Å². The SMILES string of the molecule is CCOC(=O)c1c(NC(=O)CCN2CCCCC2)sc2c1CCC(C)C2.O=C(O)C(=O)O. The van der Waals surface area contributed by atoms with Crippen LogP contribution in [0.25, 0.3) is 0 Å². The number of rotatable bonds is 6. The van der Waals surface area contributed by atoms with Crippen molar-refractivity contribution in [1.29, 1.82) is 0 Å². The zero-order valence-electron chi connectivity index (χ0n) is 18.6. The number of carboxylic acid groups (broad SMARTS) is 2. The first-order valence-corrected chi connectivity index (χ1v) is 11.8. The van der Waals surface area contributed by atoms with E-state index >= 15 is 0 Å². The minimum atomic E-state index is -1.82. The first kappa shape index (κ1) is 25.8. The Balaban J connectivity index is 0.000000534. The van der Waals surface area contributed by atoms with Gasteiger partial charge < -0.3 is 25.2 Å². The first-order chi connectivity index (χ1) is 15.2. The molecule has 0 aromatic carbocycles. The molecule has 1 saturated heterocycles. The van der Waals surface area contributed by atoms with Gasteiger partial charge in [-0.05, 0) is 63.6 Å². The molecule has 1 aliphatic heterocycles. The normalized spacial score (nSPS) is 18.0. The number of fused-ring (bicyclic) bond motifs is 1. The Kier molecular flexibility index (Phi) is 10.1. The molecule has 1 aromatic heterocycles. The molecule has 0 radical (unpaired) electrons. The summed E-state index contributed by atoms with van der Waals surface area (Å²) >= 11 is 1.56. The third kappa shape index (κ3) is 7.59. The molecule has 0 spiro atoms. The van der Waals surface area contributed by atoms with Crippen LogP contribution in [-0.4, -0.2) is 65.2 Å². The van der Waals surface area contributed by atoms with Crippen LogP contribution in [0.1, 0.15) is 66.8 Å². The second-order valence-electron chi connectivity index (χ2n) is 8.09. The molecule has 1 aliphatic carbocycles. The molecule has 1 amide bonds. The number of nitrogens with one attached hydrogen (secondary N) is 1. The predicted molar refractivity (Wildman–Crippen MR) is 120 cm³/mol. The second-order valence-corrected chi connectivity index (χ2v) is 9.19. The summed E-state index contributed by atoms with van der Waals surface area (Å²) in [5.41, 5.74) is 1.70. The molecular weight excluding hydrogens is 436 g/mol. The summed E-state index contributed by atoms with van der Waals surface area (Å²) in [4.78, 5) is 46.8. The number of likely N-dealkylation sites (tertiary alicyclic amines) is 1. The molecule has 0 bridgehead atoms. The third-order valence-corrected chi connectivity index (χ3v) is 6.70. The van der Waals surface area contributed by atoms with Crippen LogP contribution in [0.5, 0.6) is 0 Å². The predicted octanol–water partition coefficient (Wildman–Crippen LogP) is 3.02. The standard InChI is InChI=1S/C20H30N2O3S.C2H2O4/c1-3-25-20(24)18-15-8-7-14(2)13-16(15)26-19(18)21-17(23)9-12-22-10-5-4-6-11-22;3-1(4)2(5)6/h14H,3-13H2,1-2H3,(H,21,23);(H,3,4)(H,5,6). The van der Waals surface area contributed by atoms with Crippen molar-refractivity contribution in [2.24, 2.45) is 5.92 Å². The van der Waals surface area contributed by atoms with Gasteiger partial charge in [0.05, 0.1) is 12.2 Å². The van der Waals surface area contributed by atoms with E-state index in [2.05, 4.69) is 17.1 Å². The number of ether oxygens (including phenoxy) is 1. The van der Waals surface area contributed by atoms with Gasteiger partial charge in [0, 0.05) is 17.8 Å². The number of thiophene rings is 1. The number of esters is 1. The van der Waals surface area contributed by atoms with E-state index in [1.165, 1.54) is 24.1 Å². The average Bonchev–Trinajstić information content (AvgIpc) is 3.10. The lowest BCUT2D eigenvalue weighted by Gasteiger charge is -2.25. The lowest BCUT2D eigenvalue weighted by molar-refractivity contribution is -0.159. The van der Waals surface area contributed by atoms with Crippen LogP contribution in [0.3, 0.4) is 0 Å². The summed E-state index contributed by atoms with van der Waals surface area (Å²) in [5.74, 6) is -3.33. The highest BCUT2D eigenvalue weighted by Crippen LogP contribution is 2.40. The van der Waals surface area contributed by atoms with Crippen LogP contribution in [0.15, 0.2) is 0 Å². The average molecular weight is 469 g/mol. The first-order valence-electron chi connectivity index (χ1n) is 11.0. The van der Waals surface area contributed by atoms with E-state index in [0.29, 0.717) is 29.5 Å². The Hall–Kier alpha value is -2.46. The molecule has 1 aromatic rings. The third-order valence-electron chi connectivity index (χ3n) is 5.53. The molecule has 3 N–H and O–H groups in total. The van der Waals surface area contributed by atoms with Crippen LogP contribution < -0.4 is 5.32 Å². The van der Waals surface area contributed by atoms with E-state index in [1.807, 2.05) is 6.92 Å². The van der Waals surface area contributed by atoms with Gasteiger partial charge in [-0.2, -0.15) is 0 Å². The van der Waals surface area contributed by atoms with Crippen LogP contribution in [0.4, 0.5) is 5.00 Å². The summed E-state index contributed by atoms with van der Waals surface area (Å²) in [7, 11) is 0. The maximum absolute atomic E-state index is 12.5. The van der Waals surface area contributed by atoms with Crippen LogP contribution >= 0.6 is 11.3 Å². The lowest BCUT2D eigenvalue weighted by atomic mass is 9.88. The summed E-state index contributed by atoms with van der Waals surface area (Å²) in [5, 5.41) is 18.5. The lowest BCUT2D eigenvalue weighted by Crippen LogP contribution is -2.32. The minimum Gasteiger partial charge on any atom is -0.473 e. The van der Waals surface area contributed by atoms with Crippen LogP contribution in [0, 0.1) is 5.92 Å². The number of hydrogen-bond donors (Lipinski definition) is 3. The number of nitrogens with zero attached hydrogens (tertiary/aromatic N) is 1. The van der Waals surface area contributed by atoms with Crippen molar-refractivity contribution in [3.8, 4) is 0 Å². The monoisotopic (exact) mass is 468 g/mol. The second kappa shape index (κ2) is 12.5. The molecule has 178 valence electrons. The fourth-order valence-electron chi connectivity index (χ4n) is 3.89. The summed E-state index contributed by atoms with van der Waals surface area (Å²) in [6.45, 7) is 7.38. The maximum Gasteiger partial charge on any atom is 0.414 e. The maximum atomic E-state index is 12.5. The Morgan fingerprint density at radius 1 is 1.12 bits per heavy atom. The smallest absolute Gasteiger partial charge is 0.414 e. The summed E-state index contributed by atoms with van der Waals surface area (Å²) in [6.07, 6.45) is 7.18. The van der Waals surface area contributed by atoms with Crippen LogP contribution in [-0.2, 0) is 32.0 Å². The van der Waals surface area contributed by atoms with E-state index in [1.54, 1.807) is 11.3 Å². The molecule has 32 heavy (non-hydrogen) atoms. The number of amides is 1. The number of aliphatic carboxylic acids is 2. The van der Waals surface area contributed by atoms with Gasteiger partial charge in [0.15, 0.2) is 0 Å². The van der Waals surface area contributed by atoms with Gasteiger partial charge in [-0.25, -0.2) is 14.4 Å². The molecule has 2 aliphatic rings. The zero-order valence-corrected chi connectivity index (χ0v) is 19.5. The Bertz CT molecular complexity index is 818. The molecule has 0 saturated carbocycles. The van der Waals surface area contributed by atoms with Crippen molar-refractivity contribution in [2.45, 2.75) is 58.8 Å². The Morgan fingerprint density at radius 2 is 1.78 bits per heavy atom. The molecule has 1 unspecified atom stereocenters. The van der Waals surface area contributed by atoms with Gasteiger partial charge in [0.2, 0.25) is 5.91 Å². The largest absolute Gasteiger partial charge is 0.473 e. The number of carbonyl (C=O) groups excluding carboxylic acids is 2. The number of carbonyl (C=O) groups is 4. The van der Waals surface area contributed by atoms with Crippen molar-refractivity contribution in [2.75, 3.05) is 31.6 Å². The zero-order chi connectivity index (χ0) is 23.7. The molecule has 1 atom stereocenters. The topological polar surface area (TPSA) is 133 Å². The Labute approximate surface area is 191 Å². The molecular formula is C22H32N2O7S. The van der Waals surface area contributed by atoms with E-state index in [9.17, 15) is 9.59 Å². The quantitative estimate of drug-likeness (QED) is 0.429. The van der Waals surface area contributed by atoms with Crippen molar-refractivity contribution < 1.29 is 34.1 Å². The Morgan fingerprint density at radius 3 is 2.38 bits per heavy atom. The number of piperidine rings is 1.